The summed E-state index contributed by atoms with van der Waals surface area (Å²) >= 11 is 0. The average Bonchev–Trinajstić information content (AvgIpc) is 3.14. The first-order valence-electron chi connectivity index (χ1n) is 15.5. The molecule has 0 aliphatic carbocycles. The molecule has 9 aromatic rings. The molecule has 0 amide bonds. The van der Waals surface area contributed by atoms with Gasteiger partial charge in [-0.2, -0.15) is 0 Å². The van der Waals surface area contributed by atoms with Crippen molar-refractivity contribution < 1.29 is 0 Å². The Labute approximate surface area is 266 Å². The van der Waals surface area contributed by atoms with Gasteiger partial charge in [-0.05, 0) is 56.6 Å². The van der Waals surface area contributed by atoms with Crippen LogP contribution in [0.1, 0.15) is 0 Å². The maximum absolute atomic E-state index is 5.09. The normalized spacial score (nSPS) is 11.5. The van der Waals surface area contributed by atoms with Gasteiger partial charge in [-0.1, -0.05) is 140 Å². The monoisotopic (exact) mass is 585 g/mol. The number of benzene rings is 7. The Balaban J connectivity index is 1.14. The van der Waals surface area contributed by atoms with Crippen LogP contribution < -0.4 is 0 Å². The number of para-hydroxylation sites is 2. The van der Waals surface area contributed by atoms with Crippen LogP contribution in [0.5, 0.6) is 0 Å². The third kappa shape index (κ3) is 4.41. The molecule has 0 unspecified atom stereocenters. The van der Waals surface area contributed by atoms with Crippen LogP contribution in [0.15, 0.2) is 164 Å². The minimum atomic E-state index is 0.884. The van der Waals surface area contributed by atoms with Crippen LogP contribution in [0.4, 0.5) is 0 Å². The summed E-state index contributed by atoms with van der Waals surface area (Å²) in [5.41, 5.74) is 11.4. The van der Waals surface area contributed by atoms with Gasteiger partial charge >= 0.3 is 0 Å². The molecule has 7 aromatic carbocycles. The molecule has 0 N–H and O–H groups in total. The molecule has 9 rings (SSSR count). The second-order valence-corrected chi connectivity index (χ2v) is 11.6. The second-order valence-electron chi connectivity index (χ2n) is 11.6. The van der Waals surface area contributed by atoms with E-state index in [0.717, 1.165) is 55.6 Å². The maximum atomic E-state index is 5.09. The maximum Gasteiger partial charge on any atom is 0.0973 e. The number of rotatable bonds is 4. The van der Waals surface area contributed by atoms with Gasteiger partial charge in [0.2, 0.25) is 0 Å². The van der Waals surface area contributed by atoms with Crippen molar-refractivity contribution in [3.63, 3.8) is 0 Å². The lowest BCUT2D eigenvalue weighted by Crippen LogP contribution is -1.95. The summed E-state index contributed by atoms with van der Waals surface area (Å²) in [6.07, 6.45) is 1.97. The van der Waals surface area contributed by atoms with Crippen molar-refractivity contribution in [2.45, 2.75) is 0 Å². The first-order chi connectivity index (χ1) is 22.8. The minimum absolute atomic E-state index is 0.884. The summed E-state index contributed by atoms with van der Waals surface area (Å²) in [6, 6.07) is 55.4. The number of fused-ring (bicyclic) bond motifs is 5. The molecule has 2 heterocycles. The molecule has 46 heavy (non-hydrogen) atoms. The van der Waals surface area contributed by atoms with Crippen LogP contribution in [0.3, 0.4) is 0 Å². The van der Waals surface area contributed by atoms with E-state index >= 15 is 0 Å². The molecule has 0 aliphatic heterocycles. The Morgan fingerprint density at radius 2 is 0.848 bits per heavy atom. The smallest absolute Gasteiger partial charge is 0.0973 e. The van der Waals surface area contributed by atoms with Gasteiger partial charge in [-0.3, -0.25) is 4.98 Å². The number of pyridine rings is 1. The van der Waals surface area contributed by atoms with Gasteiger partial charge < -0.3 is 0 Å². The van der Waals surface area contributed by atoms with Crippen molar-refractivity contribution in [1.82, 2.24) is 15.0 Å². The molecule has 0 radical (unpaired) electrons. The molecule has 0 saturated carbocycles. The van der Waals surface area contributed by atoms with Crippen molar-refractivity contribution >= 4 is 43.5 Å². The lowest BCUT2D eigenvalue weighted by molar-refractivity contribution is 1.29. The van der Waals surface area contributed by atoms with Gasteiger partial charge in [-0.15, -0.1) is 0 Å². The highest BCUT2D eigenvalue weighted by Gasteiger charge is 2.15. The van der Waals surface area contributed by atoms with E-state index in [1.54, 1.807) is 0 Å². The predicted octanol–water partition coefficient (Wildman–Crippen LogP) is 11.2. The Morgan fingerprint density at radius 1 is 0.326 bits per heavy atom. The second kappa shape index (κ2) is 10.8. The zero-order valence-electron chi connectivity index (χ0n) is 24.9. The van der Waals surface area contributed by atoms with Crippen molar-refractivity contribution in [2.75, 3.05) is 0 Å². The Hall–Kier alpha value is -6.19. The van der Waals surface area contributed by atoms with E-state index in [9.17, 15) is 0 Å². The number of aromatic nitrogens is 3. The van der Waals surface area contributed by atoms with Gasteiger partial charge in [-0.25, -0.2) is 9.97 Å². The van der Waals surface area contributed by atoms with Crippen LogP contribution >= 0.6 is 0 Å². The molecule has 2 aromatic heterocycles. The van der Waals surface area contributed by atoms with Crippen molar-refractivity contribution in [3.8, 4) is 44.8 Å². The summed E-state index contributed by atoms with van der Waals surface area (Å²) in [4.78, 5) is 14.9. The Morgan fingerprint density at radius 3 is 1.54 bits per heavy atom. The fourth-order valence-electron chi connectivity index (χ4n) is 6.64. The number of nitrogens with zero attached hydrogens (tertiary/aromatic N) is 3. The molecule has 0 bridgehead atoms. The quantitative estimate of drug-likeness (QED) is 0.193. The van der Waals surface area contributed by atoms with Gasteiger partial charge in [0.15, 0.2) is 0 Å². The summed E-state index contributed by atoms with van der Waals surface area (Å²) in [5.74, 6) is 0. The fourth-order valence-corrected chi connectivity index (χ4v) is 6.64. The van der Waals surface area contributed by atoms with Crippen LogP contribution in [0, 0.1) is 0 Å². The topological polar surface area (TPSA) is 38.7 Å². The molecule has 214 valence electrons. The van der Waals surface area contributed by atoms with Crippen molar-refractivity contribution in [1.29, 1.82) is 0 Å². The lowest BCUT2D eigenvalue weighted by atomic mass is 9.91. The highest BCUT2D eigenvalue weighted by Crippen LogP contribution is 2.38. The predicted molar refractivity (Wildman–Crippen MR) is 192 cm³/mol. The first kappa shape index (κ1) is 26.2. The van der Waals surface area contributed by atoms with E-state index in [0.29, 0.717) is 0 Å². The molecule has 3 nitrogen and oxygen atoms in total. The molecule has 0 atom stereocenters. The zero-order chi connectivity index (χ0) is 30.5. The Kier molecular flexibility index (Phi) is 6.14. The van der Waals surface area contributed by atoms with E-state index < -0.39 is 0 Å². The van der Waals surface area contributed by atoms with Gasteiger partial charge in [0, 0.05) is 28.1 Å². The Bertz CT molecular complexity index is 2570. The molecule has 0 spiro atoms. The van der Waals surface area contributed by atoms with Crippen LogP contribution in [0.2, 0.25) is 0 Å². The third-order valence-electron chi connectivity index (χ3n) is 8.91. The molecular weight excluding hydrogens is 558 g/mol. The average molecular weight is 586 g/mol. The van der Waals surface area contributed by atoms with E-state index in [1.165, 1.54) is 32.7 Å². The molecule has 0 aliphatic rings. The summed E-state index contributed by atoms with van der Waals surface area (Å²) < 4.78 is 0. The zero-order valence-corrected chi connectivity index (χ0v) is 24.9. The highest BCUT2D eigenvalue weighted by atomic mass is 14.8. The van der Waals surface area contributed by atoms with Crippen molar-refractivity contribution in [2.24, 2.45) is 0 Å². The summed E-state index contributed by atoms with van der Waals surface area (Å²) in [6.45, 7) is 0. The minimum Gasteiger partial charge on any atom is -0.256 e. The van der Waals surface area contributed by atoms with Gasteiger partial charge in [0.1, 0.15) is 0 Å². The van der Waals surface area contributed by atoms with Gasteiger partial charge in [0.05, 0.1) is 27.9 Å². The molecular formula is C43H27N3. The van der Waals surface area contributed by atoms with Crippen LogP contribution in [0.25, 0.3) is 88.2 Å². The van der Waals surface area contributed by atoms with E-state index in [2.05, 4.69) is 115 Å². The number of hydrogen-bond donors (Lipinski definition) is 0. The third-order valence-corrected chi connectivity index (χ3v) is 8.91. The number of hydrogen-bond acceptors (Lipinski definition) is 3. The SMILES string of the molecule is c1ccc(-c2nc3ccccc3nc2-c2ccc(-c3ccc(-c4ccc5c(c4)ncc4ccccc45)c4ccccc34)cc2)cc1. The fraction of sp³-hybridized carbons (Fsp3) is 0. The highest BCUT2D eigenvalue weighted by molar-refractivity contribution is 6.09. The summed E-state index contributed by atoms with van der Waals surface area (Å²) in [7, 11) is 0. The lowest BCUT2D eigenvalue weighted by Gasteiger charge is -2.14. The van der Waals surface area contributed by atoms with E-state index in [1.807, 2.05) is 48.7 Å². The first-order valence-corrected chi connectivity index (χ1v) is 15.5. The summed E-state index contributed by atoms with van der Waals surface area (Å²) in [5, 5.41) is 6.00. The standard InChI is InChI=1S/C43H27N3/c1-2-10-29(11-3-1)42-43(46-40-17-9-8-16-39(40)45-42)30-20-18-28(19-21-30)34-24-25-35(37-15-7-6-14-36(34)37)31-22-23-38-33-13-5-4-12-32(33)27-44-41(38)26-31/h1-27H. The van der Waals surface area contributed by atoms with E-state index in [4.69, 9.17) is 15.0 Å². The molecule has 0 fully saturated rings. The van der Waals surface area contributed by atoms with Crippen LogP contribution in [-0.2, 0) is 0 Å². The molecule has 0 saturated heterocycles. The van der Waals surface area contributed by atoms with Crippen molar-refractivity contribution in [3.05, 3.63) is 164 Å². The van der Waals surface area contributed by atoms with Crippen LogP contribution in [-0.4, -0.2) is 15.0 Å². The molecule has 3 heteroatoms. The van der Waals surface area contributed by atoms with Gasteiger partial charge in [0.25, 0.3) is 0 Å². The largest absolute Gasteiger partial charge is 0.256 e. The van der Waals surface area contributed by atoms with E-state index in [-0.39, 0.29) is 0 Å².